The molecule has 0 saturated carbocycles. The number of hydrogen-bond donors (Lipinski definition) is 1. The molecule has 0 saturated heterocycles. The molecule has 0 spiro atoms. The Morgan fingerprint density at radius 2 is 1.67 bits per heavy atom. The average Bonchev–Trinajstić information content (AvgIpc) is 3.28. The largest absolute Gasteiger partial charge is 0.497 e. The lowest BCUT2D eigenvalue weighted by Crippen LogP contribution is -2.36. The first-order chi connectivity index (χ1) is 17.3. The summed E-state index contributed by atoms with van der Waals surface area (Å²) in [7, 11) is -1.79. The van der Waals surface area contributed by atoms with Crippen LogP contribution in [0, 0.1) is 0 Å². The monoisotopic (exact) mass is 523 g/mol. The maximum absolute atomic E-state index is 12.8. The Kier molecular flexibility index (Phi) is 8.22. The van der Waals surface area contributed by atoms with E-state index in [0.29, 0.717) is 26.1 Å². The van der Waals surface area contributed by atoms with E-state index in [9.17, 15) is 13.2 Å². The summed E-state index contributed by atoms with van der Waals surface area (Å²) in [5.41, 5.74) is 3.05. The number of carbonyl (C=O) groups excluding carboxylic acids is 1. The van der Waals surface area contributed by atoms with E-state index >= 15 is 0 Å². The van der Waals surface area contributed by atoms with E-state index in [0.717, 1.165) is 44.6 Å². The minimum atomic E-state index is -3.43. The van der Waals surface area contributed by atoms with Crippen LogP contribution in [0.2, 0.25) is 0 Å². The smallest absolute Gasteiger partial charge is 0.238 e. The highest BCUT2D eigenvalue weighted by Gasteiger charge is 2.19. The molecular weight excluding hydrogens is 494 g/mol. The van der Waals surface area contributed by atoms with Crippen molar-refractivity contribution in [3.8, 4) is 16.9 Å². The molecule has 0 fully saturated rings. The molecule has 1 amide bonds. The lowest BCUT2D eigenvalue weighted by atomic mass is 10.0. The second-order valence-electron chi connectivity index (χ2n) is 8.62. The van der Waals surface area contributed by atoms with Crippen LogP contribution in [0.1, 0.15) is 12.0 Å². The van der Waals surface area contributed by atoms with Gasteiger partial charge in [0, 0.05) is 31.3 Å². The molecule has 0 bridgehead atoms. The quantitative estimate of drug-likeness (QED) is 0.283. The Bertz CT molecular complexity index is 1420. The number of benzene rings is 3. The van der Waals surface area contributed by atoms with Gasteiger partial charge < -0.3 is 15.0 Å². The number of aromatic nitrogens is 1. The number of rotatable bonds is 11. The fourth-order valence-corrected chi connectivity index (χ4v) is 5.29. The van der Waals surface area contributed by atoms with Crippen molar-refractivity contribution >= 4 is 43.2 Å². The second-order valence-corrected chi connectivity index (χ2v) is 11.6. The molecule has 9 heteroatoms. The molecular formula is C27H29N3O4S2. The zero-order valence-corrected chi connectivity index (χ0v) is 21.9. The minimum Gasteiger partial charge on any atom is -0.497 e. The van der Waals surface area contributed by atoms with Crippen molar-refractivity contribution in [1.29, 1.82) is 0 Å². The Morgan fingerprint density at radius 3 is 2.33 bits per heavy atom. The van der Waals surface area contributed by atoms with E-state index in [1.807, 2.05) is 72.8 Å². The third-order valence-corrected chi connectivity index (χ3v) is 7.36. The Labute approximate surface area is 215 Å². The summed E-state index contributed by atoms with van der Waals surface area (Å²) in [5, 5.41) is 4.42. The molecule has 7 nitrogen and oxygen atoms in total. The maximum Gasteiger partial charge on any atom is 0.238 e. The third kappa shape index (κ3) is 6.83. The molecule has 1 heterocycles. The van der Waals surface area contributed by atoms with E-state index in [1.165, 1.54) is 11.5 Å². The van der Waals surface area contributed by atoms with Crippen LogP contribution in [-0.2, 0) is 21.2 Å². The number of methoxy groups -OCH3 is 1. The summed E-state index contributed by atoms with van der Waals surface area (Å²) < 4.78 is 34.4. The van der Waals surface area contributed by atoms with E-state index < -0.39 is 21.5 Å². The van der Waals surface area contributed by atoms with Crippen LogP contribution >= 0.6 is 11.5 Å². The molecule has 1 N–H and O–H groups in total. The highest BCUT2D eigenvalue weighted by atomic mass is 32.2. The van der Waals surface area contributed by atoms with Gasteiger partial charge in [0.25, 0.3) is 0 Å². The molecule has 0 aliphatic rings. The first-order valence-electron chi connectivity index (χ1n) is 11.6. The number of fused-ring (bicyclic) bond motifs is 1. The van der Waals surface area contributed by atoms with Crippen LogP contribution in [0.15, 0.2) is 72.8 Å². The lowest BCUT2D eigenvalue weighted by Gasteiger charge is -2.23. The van der Waals surface area contributed by atoms with Gasteiger partial charge in [0.2, 0.25) is 5.91 Å². The highest BCUT2D eigenvalue weighted by Crippen LogP contribution is 2.26. The molecule has 0 unspecified atom stereocenters. The first-order valence-corrected chi connectivity index (χ1v) is 14.4. The summed E-state index contributed by atoms with van der Waals surface area (Å²) in [6.45, 7) is 1.40. The molecule has 0 aliphatic carbocycles. The van der Waals surface area contributed by atoms with Crippen molar-refractivity contribution in [3.05, 3.63) is 78.4 Å². The van der Waals surface area contributed by atoms with Gasteiger partial charge in [-0.25, -0.2) is 8.42 Å². The number of hydrogen-bond acceptors (Lipinski definition) is 7. The van der Waals surface area contributed by atoms with Gasteiger partial charge in [-0.05, 0) is 58.9 Å². The molecule has 36 heavy (non-hydrogen) atoms. The zero-order chi connectivity index (χ0) is 25.5. The molecule has 0 aliphatic heterocycles. The number of nitrogens with zero attached hydrogens (tertiary/aromatic N) is 2. The lowest BCUT2D eigenvalue weighted by molar-refractivity contribution is -0.129. The van der Waals surface area contributed by atoms with Crippen molar-refractivity contribution in [1.82, 2.24) is 9.27 Å². The number of nitrogens with one attached hydrogen (secondary N) is 1. The second kappa shape index (κ2) is 11.5. The molecule has 1 aromatic heterocycles. The molecule has 0 radical (unpaired) electrons. The molecule has 188 valence electrons. The van der Waals surface area contributed by atoms with Gasteiger partial charge in [0.05, 0.1) is 11.8 Å². The van der Waals surface area contributed by atoms with E-state index in [2.05, 4.69) is 9.69 Å². The fourth-order valence-electron chi connectivity index (χ4n) is 3.90. The molecule has 4 aromatic rings. The van der Waals surface area contributed by atoms with Crippen molar-refractivity contribution in [2.24, 2.45) is 0 Å². The van der Waals surface area contributed by atoms with Gasteiger partial charge in [0.15, 0.2) is 9.84 Å². The van der Waals surface area contributed by atoms with E-state index in [-0.39, 0.29) is 0 Å². The van der Waals surface area contributed by atoms with Gasteiger partial charge in [-0.2, -0.15) is 4.37 Å². The third-order valence-electron chi connectivity index (χ3n) is 5.76. The number of ether oxygens (including phenoxy) is 1. The predicted molar refractivity (Wildman–Crippen MR) is 146 cm³/mol. The van der Waals surface area contributed by atoms with Crippen LogP contribution < -0.4 is 10.1 Å². The Morgan fingerprint density at radius 1 is 1.00 bits per heavy atom. The van der Waals surface area contributed by atoms with Crippen LogP contribution in [0.3, 0.4) is 0 Å². The van der Waals surface area contributed by atoms with Gasteiger partial charge in [-0.3, -0.25) is 4.79 Å². The summed E-state index contributed by atoms with van der Waals surface area (Å²) >= 11 is 1.44. The van der Waals surface area contributed by atoms with Crippen LogP contribution in [0.25, 0.3) is 21.2 Å². The van der Waals surface area contributed by atoms with E-state index in [1.54, 1.807) is 12.0 Å². The fraction of sp³-hybridized carbons (Fsp3) is 0.259. The summed E-state index contributed by atoms with van der Waals surface area (Å²) in [4.78, 5) is 14.4. The van der Waals surface area contributed by atoms with Crippen molar-refractivity contribution < 1.29 is 17.9 Å². The van der Waals surface area contributed by atoms with E-state index in [4.69, 9.17) is 4.74 Å². The van der Waals surface area contributed by atoms with Crippen LogP contribution in [0.5, 0.6) is 5.75 Å². The summed E-state index contributed by atoms with van der Waals surface area (Å²) in [5.74, 6) is 0.739. The molecule has 3 aromatic carbocycles. The van der Waals surface area contributed by atoms with Gasteiger partial charge >= 0.3 is 0 Å². The highest BCUT2D eigenvalue weighted by molar-refractivity contribution is 7.91. The van der Waals surface area contributed by atoms with Crippen molar-refractivity contribution in [2.45, 2.75) is 13.0 Å². The standard InChI is InChI=1S/C27H29N3O4S2/c1-34-23-14-12-22(13-15-23)21-10-8-20(9-11-21)18-30(26(31)19-36(2,32)33)17-5-16-28-27-24-6-3-4-7-25(24)35-29-27/h3-4,6-15H,5,16-19H2,1-2H3,(H,28,29). The molecule has 4 rings (SSSR count). The normalized spacial score (nSPS) is 11.4. The van der Waals surface area contributed by atoms with Gasteiger partial charge in [0.1, 0.15) is 17.3 Å². The SMILES string of the molecule is COc1ccc(-c2ccc(CN(CCCNc3nsc4ccccc34)C(=O)CS(C)(=O)=O)cc2)cc1. The van der Waals surface area contributed by atoms with Crippen molar-refractivity contribution in [2.75, 3.05) is 37.5 Å². The summed E-state index contributed by atoms with van der Waals surface area (Å²) in [6, 6.07) is 23.8. The number of carbonyl (C=O) groups is 1. The van der Waals surface area contributed by atoms with Gasteiger partial charge in [-0.1, -0.05) is 48.5 Å². The van der Waals surface area contributed by atoms with Crippen LogP contribution in [-0.4, -0.2) is 55.8 Å². The predicted octanol–water partition coefficient (Wildman–Crippen LogP) is 4.85. The zero-order valence-electron chi connectivity index (χ0n) is 20.3. The first kappa shape index (κ1) is 25.7. The van der Waals surface area contributed by atoms with Crippen molar-refractivity contribution in [3.63, 3.8) is 0 Å². The Balaban J connectivity index is 1.40. The summed E-state index contributed by atoms with van der Waals surface area (Å²) in [6.07, 6.45) is 1.74. The number of anilines is 1. The average molecular weight is 524 g/mol. The number of sulfone groups is 1. The van der Waals surface area contributed by atoms with Gasteiger partial charge in [-0.15, -0.1) is 0 Å². The minimum absolute atomic E-state index is 0.344. The number of amides is 1. The maximum atomic E-state index is 12.8. The molecule has 0 atom stereocenters. The topological polar surface area (TPSA) is 88.6 Å². The Hall–Kier alpha value is -3.43. The van der Waals surface area contributed by atoms with Crippen LogP contribution in [0.4, 0.5) is 5.82 Å².